The average Bonchev–Trinajstić information content (AvgIpc) is 2.43. The standard InChI is InChI=1S/C14H13N5O/c1-19-12-9(7-17-14(16)18-12)6-11(13(19)20)8-3-2-4-10(15)5-8/h2-7H,15H2,1H3,(H2,16,17,18). The third-order valence-corrected chi connectivity index (χ3v) is 3.16. The number of hydrogen-bond acceptors (Lipinski definition) is 5. The Kier molecular flexibility index (Phi) is 2.64. The summed E-state index contributed by atoms with van der Waals surface area (Å²) in [5, 5.41) is 0.749. The summed E-state index contributed by atoms with van der Waals surface area (Å²) >= 11 is 0. The summed E-state index contributed by atoms with van der Waals surface area (Å²) < 4.78 is 1.46. The lowest BCUT2D eigenvalue weighted by Gasteiger charge is -2.08. The first-order valence-corrected chi connectivity index (χ1v) is 6.04. The molecule has 3 rings (SSSR count). The van der Waals surface area contributed by atoms with Gasteiger partial charge in [-0.25, -0.2) is 4.98 Å². The number of aryl methyl sites for hydroxylation is 1. The van der Waals surface area contributed by atoms with Gasteiger partial charge in [-0.15, -0.1) is 0 Å². The van der Waals surface area contributed by atoms with Gasteiger partial charge in [0.1, 0.15) is 5.65 Å². The predicted molar refractivity (Wildman–Crippen MR) is 79.0 cm³/mol. The molecule has 20 heavy (non-hydrogen) atoms. The van der Waals surface area contributed by atoms with Gasteiger partial charge in [-0.1, -0.05) is 12.1 Å². The first-order chi connectivity index (χ1) is 9.56. The molecule has 1 aromatic carbocycles. The molecule has 6 nitrogen and oxygen atoms in total. The highest BCUT2D eigenvalue weighted by atomic mass is 16.1. The van der Waals surface area contributed by atoms with Crippen LogP contribution in [-0.2, 0) is 7.05 Å². The maximum Gasteiger partial charge on any atom is 0.259 e. The molecule has 4 N–H and O–H groups in total. The molecule has 0 atom stereocenters. The topological polar surface area (TPSA) is 99.8 Å². The number of nitrogens with two attached hydrogens (primary N) is 2. The molecule has 0 saturated carbocycles. The fourth-order valence-corrected chi connectivity index (χ4v) is 2.17. The van der Waals surface area contributed by atoms with Crippen LogP contribution < -0.4 is 17.0 Å². The van der Waals surface area contributed by atoms with Crippen molar-refractivity contribution >= 4 is 22.7 Å². The molecule has 0 amide bonds. The van der Waals surface area contributed by atoms with Gasteiger partial charge in [0.15, 0.2) is 0 Å². The van der Waals surface area contributed by atoms with Crippen LogP contribution in [0.1, 0.15) is 0 Å². The zero-order valence-corrected chi connectivity index (χ0v) is 10.9. The summed E-state index contributed by atoms with van der Waals surface area (Å²) in [6.07, 6.45) is 1.60. The van der Waals surface area contributed by atoms with Crippen LogP contribution in [0.5, 0.6) is 0 Å². The number of pyridine rings is 1. The Morgan fingerprint density at radius 3 is 2.75 bits per heavy atom. The monoisotopic (exact) mass is 267 g/mol. The van der Waals surface area contributed by atoms with Gasteiger partial charge >= 0.3 is 0 Å². The Hall–Kier alpha value is -2.89. The van der Waals surface area contributed by atoms with Crippen molar-refractivity contribution in [2.24, 2.45) is 7.05 Å². The summed E-state index contributed by atoms with van der Waals surface area (Å²) in [6.45, 7) is 0. The molecule has 0 unspecified atom stereocenters. The van der Waals surface area contributed by atoms with E-state index in [4.69, 9.17) is 11.5 Å². The van der Waals surface area contributed by atoms with E-state index in [1.54, 1.807) is 31.4 Å². The minimum Gasteiger partial charge on any atom is -0.399 e. The zero-order valence-electron chi connectivity index (χ0n) is 10.9. The molecule has 0 aliphatic rings. The molecule has 6 heteroatoms. The molecule has 2 aromatic heterocycles. The van der Waals surface area contributed by atoms with Crippen molar-refractivity contribution in [3.63, 3.8) is 0 Å². The maximum absolute atomic E-state index is 12.4. The van der Waals surface area contributed by atoms with Gasteiger partial charge in [0.05, 0.1) is 0 Å². The molecule has 0 radical (unpaired) electrons. The van der Waals surface area contributed by atoms with Crippen LogP contribution in [0.4, 0.5) is 11.6 Å². The van der Waals surface area contributed by atoms with E-state index in [1.807, 2.05) is 12.1 Å². The lowest BCUT2D eigenvalue weighted by molar-refractivity contribution is 0.888. The Labute approximate surface area is 114 Å². The number of aromatic nitrogens is 3. The van der Waals surface area contributed by atoms with E-state index in [9.17, 15) is 4.79 Å². The van der Waals surface area contributed by atoms with Gasteiger partial charge in [0.2, 0.25) is 5.95 Å². The first-order valence-electron chi connectivity index (χ1n) is 6.04. The normalized spacial score (nSPS) is 10.8. The van der Waals surface area contributed by atoms with Gasteiger partial charge in [0.25, 0.3) is 5.56 Å². The minimum absolute atomic E-state index is 0.143. The van der Waals surface area contributed by atoms with Gasteiger partial charge in [-0.3, -0.25) is 9.36 Å². The van der Waals surface area contributed by atoms with Crippen molar-refractivity contribution in [1.82, 2.24) is 14.5 Å². The van der Waals surface area contributed by atoms with E-state index >= 15 is 0 Å². The largest absolute Gasteiger partial charge is 0.399 e. The number of nitrogens with zero attached hydrogens (tertiary/aromatic N) is 3. The van der Waals surface area contributed by atoms with Crippen molar-refractivity contribution in [2.45, 2.75) is 0 Å². The van der Waals surface area contributed by atoms with Crippen LogP contribution in [-0.4, -0.2) is 14.5 Å². The zero-order chi connectivity index (χ0) is 14.3. The number of anilines is 2. The summed E-state index contributed by atoms with van der Waals surface area (Å²) in [7, 11) is 1.66. The molecule has 0 spiro atoms. The van der Waals surface area contributed by atoms with Crippen molar-refractivity contribution < 1.29 is 0 Å². The summed E-state index contributed by atoms with van der Waals surface area (Å²) in [5.74, 6) is 0.143. The molecule has 0 aliphatic heterocycles. The van der Waals surface area contributed by atoms with Gasteiger partial charge < -0.3 is 11.5 Å². The smallest absolute Gasteiger partial charge is 0.259 e. The highest BCUT2D eigenvalue weighted by molar-refractivity contribution is 5.81. The molecule has 2 heterocycles. The third kappa shape index (κ3) is 1.87. The van der Waals surface area contributed by atoms with Crippen molar-refractivity contribution in [1.29, 1.82) is 0 Å². The number of rotatable bonds is 1. The Morgan fingerprint density at radius 2 is 2.00 bits per heavy atom. The highest BCUT2D eigenvalue weighted by Crippen LogP contribution is 2.21. The highest BCUT2D eigenvalue weighted by Gasteiger charge is 2.10. The van der Waals surface area contributed by atoms with Crippen molar-refractivity contribution in [3.05, 3.63) is 46.9 Å². The molecule has 0 saturated heterocycles. The van der Waals surface area contributed by atoms with Crippen LogP contribution in [0.15, 0.2) is 41.3 Å². The molecular weight excluding hydrogens is 254 g/mol. The van der Waals surface area contributed by atoms with E-state index in [1.165, 1.54) is 4.57 Å². The molecule has 0 fully saturated rings. The quantitative estimate of drug-likeness (QED) is 0.644. The van der Waals surface area contributed by atoms with E-state index < -0.39 is 0 Å². The summed E-state index contributed by atoms with van der Waals surface area (Å²) in [6, 6.07) is 8.95. The summed E-state index contributed by atoms with van der Waals surface area (Å²) in [4.78, 5) is 20.5. The van der Waals surface area contributed by atoms with Crippen LogP contribution in [0.25, 0.3) is 22.2 Å². The molecule has 100 valence electrons. The van der Waals surface area contributed by atoms with Crippen LogP contribution in [0, 0.1) is 0 Å². The van der Waals surface area contributed by atoms with E-state index in [-0.39, 0.29) is 11.5 Å². The predicted octanol–water partition coefficient (Wildman–Crippen LogP) is 1.16. The lowest BCUT2D eigenvalue weighted by atomic mass is 10.1. The average molecular weight is 267 g/mol. The van der Waals surface area contributed by atoms with E-state index in [2.05, 4.69) is 9.97 Å². The molecular formula is C14H13N5O. The second-order valence-electron chi connectivity index (χ2n) is 4.55. The minimum atomic E-state index is -0.152. The van der Waals surface area contributed by atoms with Crippen LogP contribution in [0.2, 0.25) is 0 Å². The van der Waals surface area contributed by atoms with Crippen LogP contribution in [0.3, 0.4) is 0 Å². The molecule has 3 aromatic rings. The molecule has 0 bridgehead atoms. The number of nitrogen functional groups attached to an aromatic ring is 2. The van der Waals surface area contributed by atoms with Crippen molar-refractivity contribution in [3.8, 4) is 11.1 Å². The Morgan fingerprint density at radius 1 is 1.20 bits per heavy atom. The second kappa shape index (κ2) is 4.34. The number of hydrogen-bond donors (Lipinski definition) is 2. The van der Waals surface area contributed by atoms with E-state index in [0.29, 0.717) is 16.9 Å². The van der Waals surface area contributed by atoms with E-state index in [0.717, 1.165) is 10.9 Å². The Bertz CT molecular complexity index is 869. The fraction of sp³-hybridized carbons (Fsp3) is 0.0714. The Balaban J connectivity index is 2.35. The van der Waals surface area contributed by atoms with Crippen LogP contribution >= 0.6 is 0 Å². The lowest BCUT2D eigenvalue weighted by Crippen LogP contribution is -2.20. The summed E-state index contributed by atoms with van der Waals surface area (Å²) in [5.41, 5.74) is 13.6. The van der Waals surface area contributed by atoms with Gasteiger partial charge in [-0.05, 0) is 23.8 Å². The number of fused-ring (bicyclic) bond motifs is 1. The maximum atomic E-state index is 12.4. The SMILES string of the molecule is Cn1c(=O)c(-c2cccc(N)c2)cc2cnc(N)nc21. The van der Waals surface area contributed by atoms with Gasteiger partial charge in [-0.2, -0.15) is 4.98 Å². The fourth-order valence-electron chi connectivity index (χ4n) is 2.17. The number of benzene rings is 1. The van der Waals surface area contributed by atoms with Crippen molar-refractivity contribution in [2.75, 3.05) is 11.5 Å². The first kappa shape index (κ1) is 12.2. The second-order valence-corrected chi connectivity index (χ2v) is 4.55. The molecule has 0 aliphatic carbocycles. The van der Waals surface area contributed by atoms with Gasteiger partial charge in [0, 0.05) is 29.9 Å². The third-order valence-electron chi connectivity index (χ3n) is 3.16.